The van der Waals surface area contributed by atoms with E-state index in [9.17, 15) is 0 Å². The maximum absolute atomic E-state index is 4.80. The Bertz CT molecular complexity index is 1410. The molecule has 2 nitrogen and oxygen atoms in total. The molecule has 0 spiro atoms. The molecule has 3 aromatic heterocycles. The number of benzene rings is 3. The molecule has 3 heteroatoms. The number of para-hydroxylation sites is 2. The van der Waals surface area contributed by atoms with Crippen molar-refractivity contribution in [2.24, 2.45) is 0 Å². The summed E-state index contributed by atoms with van der Waals surface area (Å²) < 4.78 is 2.40. The Morgan fingerprint density at radius 2 is 1.38 bits per heavy atom. The predicted molar refractivity (Wildman–Crippen MR) is 106 cm³/mol. The summed E-state index contributed by atoms with van der Waals surface area (Å²) in [6.07, 6.45) is 1.96. The monoisotopic (exact) mass is 324 g/mol. The van der Waals surface area contributed by atoms with Gasteiger partial charge in [-0.15, -0.1) is 9.24 Å². The van der Waals surface area contributed by atoms with Crippen molar-refractivity contribution >= 4 is 63.5 Å². The van der Waals surface area contributed by atoms with Gasteiger partial charge in [-0.3, -0.25) is 4.98 Å². The Labute approximate surface area is 140 Å². The predicted octanol–water partition coefficient (Wildman–Crippen LogP) is 4.89. The fraction of sp³-hybridized carbons (Fsp3) is 0. The van der Waals surface area contributed by atoms with Crippen LogP contribution in [0.1, 0.15) is 0 Å². The van der Waals surface area contributed by atoms with Crippen molar-refractivity contribution in [1.29, 1.82) is 0 Å². The van der Waals surface area contributed by atoms with Gasteiger partial charge in [0, 0.05) is 27.7 Å². The Kier molecular flexibility index (Phi) is 2.23. The maximum atomic E-state index is 4.80. The van der Waals surface area contributed by atoms with E-state index >= 15 is 0 Å². The standard InChI is InChI=1S/C21H13N2P/c24-18-11-22-20-14-6-2-4-8-17(14)23-16-7-3-1-5-12(16)13-9-10-15(18)19(20)21(13)23/h1-11H,24H2. The number of rotatable bonds is 0. The van der Waals surface area contributed by atoms with Gasteiger partial charge in [0.15, 0.2) is 0 Å². The topological polar surface area (TPSA) is 17.3 Å². The molecular formula is C21H13N2P. The van der Waals surface area contributed by atoms with Crippen molar-refractivity contribution in [2.45, 2.75) is 0 Å². The van der Waals surface area contributed by atoms with Gasteiger partial charge in [-0.25, -0.2) is 0 Å². The summed E-state index contributed by atoms with van der Waals surface area (Å²) in [5, 5.41) is 7.46. The fourth-order valence-corrected chi connectivity index (χ4v) is 4.44. The molecule has 112 valence electrons. The van der Waals surface area contributed by atoms with Crippen LogP contribution in [0.25, 0.3) is 49.0 Å². The molecule has 1 atom stereocenters. The van der Waals surface area contributed by atoms with E-state index in [1.54, 1.807) is 0 Å². The first-order valence-electron chi connectivity index (χ1n) is 8.05. The smallest absolute Gasteiger partial charge is 0.0823 e. The molecule has 0 radical (unpaired) electrons. The number of hydrogen-bond acceptors (Lipinski definition) is 1. The third kappa shape index (κ3) is 1.35. The largest absolute Gasteiger partial charge is 0.308 e. The van der Waals surface area contributed by atoms with Crippen LogP contribution in [-0.4, -0.2) is 9.38 Å². The molecule has 0 amide bonds. The second-order valence-corrected chi connectivity index (χ2v) is 6.94. The third-order valence-electron chi connectivity index (χ3n) is 5.12. The van der Waals surface area contributed by atoms with Crippen LogP contribution >= 0.6 is 9.24 Å². The summed E-state index contributed by atoms with van der Waals surface area (Å²) in [5.74, 6) is 0. The summed E-state index contributed by atoms with van der Waals surface area (Å²) in [4.78, 5) is 4.80. The van der Waals surface area contributed by atoms with E-state index in [1.807, 2.05) is 6.20 Å². The summed E-state index contributed by atoms with van der Waals surface area (Å²) in [7, 11) is 2.83. The van der Waals surface area contributed by atoms with Crippen LogP contribution in [0.15, 0.2) is 66.9 Å². The minimum Gasteiger partial charge on any atom is -0.308 e. The Balaban J connectivity index is 2.16. The van der Waals surface area contributed by atoms with E-state index in [0.29, 0.717) is 0 Å². The highest BCUT2D eigenvalue weighted by Gasteiger charge is 2.18. The average molecular weight is 324 g/mol. The molecule has 6 aromatic rings. The average Bonchev–Trinajstić information content (AvgIpc) is 2.98. The molecule has 0 saturated heterocycles. The van der Waals surface area contributed by atoms with E-state index < -0.39 is 0 Å². The Hall–Kier alpha value is -2.70. The van der Waals surface area contributed by atoms with E-state index in [0.717, 1.165) is 10.8 Å². The lowest BCUT2D eigenvalue weighted by molar-refractivity contribution is 1.34. The zero-order chi connectivity index (χ0) is 15.8. The third-order valence-corrected chi connectivity index (χ3v) is 5.58. The molecule has 24 heavy (non-hydrogen) atoms. The summed E-state index contributed by atoms with van der Waals surface area (Å²) in [5.41, 5.74) is 4.84. The first-order chi connectivity index (χ1) is 11.8. The van der Waals surface area contributed by atoms with Crippen LogP contribution in [0.2, 0.25) is 0 Å². The van der Waals surface area contributed by atoms with Crippen LogP contribution < -0.4 is 5.30 Å². The highest BCUT2D eigenvalue weighted by atomic mass is 31.0. The minimum absolute atomic E-state index is 1.09. The van der Waals surface area contributed by atoms with Crippen molar-refractivity contribution in [3.63, 3.8) is 0 Å². The lowest BCUT2D eigenvalue weighted by atomic mass is 10.0. The minimum atomic E-state index is 1.09. The van der Waals surface area contributed by atoms with Crippen molar-refractivity contribution < 1.29 is 0 Å². The molecule has 1 unspecified atom stereocenters. The lowest BCUT2D eigenvalue weighted by Crippen LogP contribution is -2.00. The number of fused-ring (bicyclic) bond motifs is 6. The molecule has 0 fully saturated rings. The van der Waals surface area contributed by atoms with Gasteiger partial charge >= 0.3 is 0 Å². The zero-order valence-corrected chi connectivity index (χ0v) is 14.0. The van der Waals surface area contributed by atoms with Crippen LogP contribution in [-0.2, 0) is 0 Å². The molecule has 0 N–H and O–H groups in total. The van der Waals surface area contributed by atoms with E-state index in [-0.39, 0.29) is 0 Å². The van der Waals surface area contributed by atoms with Crippen molar-refractivity contribution in [3.8, 4) is 0 Å². The van der Waals surface area contributed by atoms with Crippen molar-refractivity contribution in [3.05, 3.63) is 66.9 Å². The van der Waals surface area contributed by atoms with E-state index in [4.69, 9.17) is 4.98 Å². The zero-order valence-electron chi connectivity index (χ0n) is 12.8. The summed E-state index contributed by atoms with van der Waals surface area (Å²) >= 11 is 0. The number of pyridine rings is 2. The second kappa shape index (κ2) is 4.23. The highest BCUT2D eigenvalue weighted by molar-refractivity contribution is 7.28. The highest BCUT2D eigenvalue weighted by Crippen LogP contribution is 2.39. The number of nitrogens with zero attached hydrogens (tertiary/aromatic N) is 2. The molecule has 0 bridgehead atoms. The van der Waals surface area contributed by atoms with Crippen LogP contribution in [0.5, 0.6) is 0 Å². The fourth-order valence-electron chi connectivity index (χ4n) is 4.13. The molecule has 3 heterocycles. The molecule has 6 rings (SSSR count). The van der Waals surface area contributed by atoms with Gasteiger partial charge in [0.2, 0.25) is 0 Å². The van der Waals surface area contributed by atoms with Gasteiger partial charge in [0.05, 0.1) is 22.1 Å². The molecule has 0 saturated carbocycles. The molecule has 3 aromatic carbocycles. The lowest BCUT2D eigenvalue weighted by Gasteiger charge is -2.13. The van der Waals surface area contributed by atoms with Gasteiger partial charge < -0.3 is 4.40 Å². The van der Waals surface area contributed by atoms with Crippen LogP contribution in [0, 0.1) is 0 Å². The molecule has 0 aliphatic heterocycles. The van der Waals surface area contributed by atoms with E-state index in [1.165, 1.54) is 43.5 Å². The first-order valence-corrected chi connectivity index (χ1v) is 8.62. The van der Waals surface area contributed by atoms with Crippen molar-refractivity contribution in [2.75, 3.05) is 0 Å². The maximum Gasteiger partial charge on any atom is 0.0823 e. The van der Waals surface area contributed by atoms with Crippen LogP contribution in [0.3, 0.4) is 0 Å². The van der Waals surface area contributed by atoms with Gasteiger partial charge in [0.25, 0.3) is 0 Å². The molecule has 0 aliphatic carbocycles. The number of hydrogen-bond donors (Lipinski definition) is 0. The van der Waals surface area contributed by atoms with Crippen LogP contribution in [0.4, 0.5) is 0 Å². The van der Waals surface area contributed by atoms with Gasteiger partial charge in [0.1, 0.15) is 0 Å². The van der Waals surface area contributed by atoms with Gasteiger partial charge in [-0.1, -0.05) is 48.5 Å². The van der Waals surface area contributed by atoms with E-state index in [2.05, 4.69) is 74.3 Å². The Morgan fingerprint density at radius 1 is 0.708 bits per heavy atom. The molecular weight excluding hydrogens is 311 g/mol. The molecule has 0 aliphatic rings. The summed E-state index contributed by atoms with van der Waals surface area (Å²) in [6.45, 7) is 0. The van der Waals surface area contributed by atoms with Gasteiger partial charge in [-0.05, 0) is 22.8 Å². The Morgan fingerprint density at radius 3 is 2.21 bits per heavy atom. The number of aromatic nitrogens is 2. The first kappa shape index (κ1) is 12.7. The second-order valence-electron chi connectivity index (χ2n) is 6.32. The summed E-state index contributed by atoms with van der Waals surface area (Å²) in [6, 6.07) is 21.7. The van der Waals surface area contributed by atoms with Gasteiger partial charge in [-0.2, -0.15) is 0 Å². The normalized spacial score (nSPS) is 12.4. The quantitative estimate of drug-likeness (QED) is 0.221. The SMILES string of the molecule is Pc1cnc2c3ccccc3n3c4ccccc4c4ccc1c2c43. The van der Waals surface area contributed by atoms with Crippen molar-refractivity contribution in [1.82, 2.24) is 9.38 Å².